The third-order valence-electron chi connectivity index (χ3n) is 3.24. The zero-order chi connectivity index (χ0) is 15.9. The Bertz CT molecular complexity index is 460. The molecule has 0 amide bonds. The lowest BCUT2D eigenvalue weighted by atomic mass is 9.84. The zero-order valence-electron chi connectivity index (χ0n) is 11.9. The summed E-state index contributed by atoms with van der Waals surface area (Å²) in [6.07, 6.45) is 0.517. The molecule has 1 saturated heterocycles. The Kier molecular flexibility index (Phi) is 6.56. The van der Waals surface area contributed by atoms with Crippen LogP contribution in [0.1, 0.15) is 26.2 Å². The predicted molar refractivity (Wildman–Crippen MR) is 71.1 cm³/mol. The van der Waals surface area contributed by atoms with E-state index in [1.165, 1.54) is 0 Å². The first-order chi connectivity index (χ1) is 9.76. The van der Waals surface area contributed by atoms with Gasteiger partial charge < -0.3 is 14.2 Å². The molecule has 1 aliphatic heterocycles. The van der Waals surface area contributed by atoms with E-state index in [0.29, 0.717) is 13.2 Å². The number of carbonyl (C=O) groups excluding carboxylic acids is 2. The van der Waals surface area contributed by atoms with Gasteiger partial charge in [0.05, 0.1) is 31.5 Å². The quantitative estimate of drug-likeness (QED) is 0.471. The first-order valence-corrected chi connectivity index (χ1v) is 8.21. The Morgan fingerprint density at radius 3 is 2.19 bits per heavy atom. The lowest BCUT2D eigenvalue weighted by Gasteiger charge is -2.39. The van der Waals surface area contributed by atoms with E-state index >= 15 is 0 Å². The van der Waals surface area contributed by atoms with E-state index in [-0.39, 0.29) is 24.9 Å². The minimum absolute atomic E-state index is 0.106. The summed E-state index contributed by atoms with van der Waals surface area (Å²) in [4.78, 5) is 22.7. The number of ether oxygens (including phenoxy) is 3. The third-order valence-corrected chi connectivity index (χ3v) is 3.93. The number of hydrogen-bond acceptors (Lipinski definition) is 7. The van der Waals surface area contributed by atoms with Crippen LogP contribution in [-0.2, 0) is 33.9 Å². The van der Waals surface area contributed by atoms with Crippen molar-refractivity contribution in [1.29, 1.82) is 0 Å². The van der Waals surface area contributed by atoms with Crippen LogP contribution in [-0.4, -0.2) is 57.1 Å². The molecule has 0 saturated carbocycles. The van der Waals surface area contributed by atoms with E-state index < -0.39 is 34.4 Å². The van der Waals surface area contributed by atoms with Gasteiger partial charge in [0.2, 0.25) is 0 Å². The number of esters is 2. The second kappa shape index (κ2) is 7.71. The van der Waals surface area contributed by atoms with Gasteiger partial charge in [-0.3, -0.25) is 14.1 Å². The Labute approximate surface area is 123 Å². The molecule has 0 bridgehead atoms. The molecule has 1 N–H and O–H groups in total. The highest BCUT2D eigenvalue weighted by Crippen LogP contribution is 2.31. The first-order valence-electron chi connectivity index (χ1n) is 6.60. The molecule has 0 aromatic rings. The van der Waals surface area contributed by atoms with E-state index in [9.17, 15) is 18.0 Å². The summed E-state index contributed by atoms with van der Waals surface area (Å²) >= 11 is 0. The molecule has 0 spiro atoms. The average molecular weight is 324 g/mol. The van der Waals surface area contributed by atoms with Gasteiger partial charge in [-0.15, -0.1) is 0 Å². The summed E-state index contributed by atoms with van der Waals surface area (Å²) in [6.45, 7) is 2.94. The highest BCUT2D eigenvalue weighted by atomic mass is 32.2. The van der Waals surface area contributed by atoms with E-state index in [1.807, 2.05) is 6.92 Å². The molecule has 0 atom stereocenters. The van der Waals surface area contributed by atoms with Crippen molar-refractivity contribution in [1.82, 2.24) is 0 Å². The van der Waals surface area contributed by atoms with Crippen LogP contribution in [0.2, 0.25) is 0 Å². The molecule has 0 radical (unpaired) electrons. The van der Waals surface area contributed by atoms with E-state index in [4.69, 9.17) is 14.0 Å². The first kappa shape index (κ1) is 17.9. The Morgan fingerprint density at radius 2 is 1.76 bits per heavy atom. The molecule has 1 rings (SSSR count). The summed E-state index contributed by atoms with van der Waals surface area (Å²) in [5.41, 5.74) is -0.106. The van der Waals surface area contributed by atoms with Gasteiger partial charge in [-0.25, -0.2) is 0 Å². The van der Waals surface area contributed by atoms with Gasteiger partial charge >= 0.3 is 11.9 Å². The number of hydrogen-bond donors (Lipinski definition) is 1. The van der Waals surface area contributed by atoms with Crippen molar-refractivity contribution in [3.05, 3.63) is 0 Å². The van der Waals surface area contributed by atoms with Crippen molar-refractivity contribution in [2.75, 3.05) is 32.2 Å². The second-order valence-electron chi connectivity index (χ2n) is 5.01. The van der Waals surface area contributed by atoms with Gasteiger partial charge in [0.1, 0.15) is 19.0 Å². The molecule has 0 aromatic heterocycles. The molecular formula is C12H20O8S. The van der Waals surface area contributed by atoms with Crippen LogP contribution in [0.4, 0.5) is 0 Å². The van der Waals surface area contributed by atoms with E-state index in [1.54, 1.807) is 0 Å². The van der Waals surface area contributed by atoms with Crippen molar-refractivity contribution in [3.63, 3.8) is 0 Å². The number of rotatable bonds is 9. The molecule has 0 aromatic carbocycles. The summed E-state index contributed by atoms with van der Waals surface area (Å²) in [5.74, 6) is -1.89. The van der Waals surface area contributed by atoms with Crippen molar-refractivity contribution in [2.45, 2.75) is 26.2 Å². The summed E-state index contributed by atoms with van der Waals surface area (Å²) in [5, 5.41) is 0. The molecule has 1 fully saturated rings. The lowest BCUT2D eigenvalue weighted by molar-refractivity contribution is -0.171. The second-order valence-corrected chi connectivity index (χ2v) is 6.59. The summed E-state index contributed by atoms with van der Waals surface area (Å²) < 4.78 is 44.0. The fraction of sp³-hybridized carbons (Fsp3) is 0.833. The van der Waals surface area contributed by atoms with Crippen LogP contribution in [0.3, 0.4) is 0 Å². The van der Waals surface area contributed by atoms with E-state index in [2.05, 4.69) is 4.74 Å². The zero-order valence-corrected chi connectivity index (χ0v) is 12.7. The van der Waals surface area contributed by atoms with Crippen molar-refractivity contribution in [3.8, 4) is 0 Å². The predicted octanol–water partition coefficient (Wildman–Crippen LogP) is 0.167. The minimum atomic E-state index is -4.16. The Balaban J connectivity index is 2.13. The minimum Gasteiger partial charge on any atom is -0.465 e. The van der Waals surface area contributed by atoms with Crippen LogP contribution in [0.15, 0.2) is 0 Å². The van der Waals surface area contributed by atoms with Crippen LogP contribution in [0.25, 0.3) is 0 Å². The summed E-state index contributed by atoms with van der Waals surface area (Å²) in [6, 6.07) is 0. The Morgan fingerprint density at radius 1 is 1.19 bits per heavy atom. The SMILES string of the molecule is CCC1(COC(=O)CCC(=O)OCCS(=O)(=O)O)COC1. The molecule has 122 valence electrons. The van der Waals surface area contributed by atoms with Gasteiger partial charge in [-0.2, -0.15) is 8.42 Å². The average Bonchev–Trinajstić information content (AvgIpc) is 2.34. The molecule has 0 aliphatic carbocycles. The maximum Gasteiger partial charge on any atom is 0.306 e. The molecule has 21 heavy (non-hydrogen) atoms. The fourth-order valence-corrected chi connectivity index (χ4v) is 1.92. The molecule has 1 heterocycles. The van der Waals surface area contributed by atoms with Crippen LogP contribution < -0.4 is 0 Å². The number of carbonyl (C=O) groups is 2. The smallest absolute Gasteiger partial charge is 0.306 e. The highest BCUT2D eigenvalue weighted by molar-refractivity contribution is 7.85. The fourth-order valence-electron chi connectivity index (χ4n) is 1.62. The van der Waals surface area contributed by atoms with Gasteiger partial charge in [0, 0.05) is 0 Å². The van der Waals surface area contributed by atoms with Crippen LogP contribution in [0, 0.1) is 5.41 Å². The van der Waals surface area contributed by atoms with Gasteiger partial charge in [0.15, 0.2) is 0 Å². The largest absolute Gasteiger partial charge is 0.465 e. The monoisotopic (exact) mass is 324 g/mol. The normalized spacial score (nSPS) is 16.9. The summed E-state index contributed by atoms with van der Waals surface area (Å²) in [7, 11) is -4.16. The van der Waals surface area contributed by atoms with Crippen LogP contribution in [0.5, 0.6) is 0 Å². The topological polar surface area (TPSA) is 116 Å². The molecule has 9 heteroatoms. The van der Waals surface area contributed by atoms with Crippen molar-refractivity contribution < 1.29 is 36.8 Å². The maximum atomic E-state index is 11.5. The third kappa shape index (κ3) is 6.87. The maximum absolute atomic E-state index is 11.5. The highest BCUT2D eigenvalue weighted by Gasteiger charge is 2.38. The van der Waals surface area contributed by atoms with Gasteiger partial charge in [-0.1, -0.05) is 6.92 Å². The van der Waals surface area contributed by atoms with Crippen molar-refractivity contribution in [2.24, 2.45) is 5.41 Å². The lowest BCUT2D eigenvalue weighted by Crippen LogP contribution is -2.46. The molecule has 8 nitrogen and oxygen atoms in total. The van der Waals surface area contributed by atoms with E-state index in [0.717, 1.165) is 6.42 Å². The standard InChI is InChI=1S/C12H20O8S/c1-2-12(7-18-8-12)9-20-11(14)4-3-10(13)19-5-6-21(15,16)17/h2-9H2,1H3,(H,15,16,17). The molecule has 1 aliphatic rings. The van der Waals surface area contributed by atoms with Crippen molar-refractivity contribution >= 4 is 22.1 Å². The Hall–Kier alpha value is -1.19. The van der Waals surface area contributed by atoms with Gasteiger partial charge in [0.25, 0.3) is 10.1 Å². The molecular weight excluding hydrogens is 304 g/mol. The van der Waals surface area contributed by atoms with Crippen LogP contribution >= 0.6 is 0 Å². The molecule has 0 unspecified atom stereocenters. The van der Waals surface area contributed by atoms with Gasteiger partial charge in [-0.05, 0) is 6.42 Å².